The van der Waals surface area contributed by atoms with Crippen LogP contribution in [0, 0.1) is 0 Å². The molecular formula is C25H31N3O4. The van der Waals surface area contributed by atoms with Gasteiger partial charge in [-0.15, -0.1) is 0 Å². The van der Waals surface area contributed by atoms with Gasteiger partial charge in [-0.25, -0.2) is 0 Å². The summed E-state index contributed by atoms with van der Waals surface area (Å²) in [6, 6.07) is 9.83. The Morgan fingerprint density at radius 3 is 2.56 bits per heavy atom. The Bertz CT molecular complexity index is 920. The molecule has 4 rings (SSSR count). The normalized spacial score (nSPS) is 17.2. The minimum atomic E-state index is -0.566. The Morgan fingerprint density at radius 1 is 1.09 bits per heavy atom. The second kappa shape index (κ2) is 10.5. The Balaban J connectivity index is 1.31. The maximum atomic E-state index is 12.6. The lowest BCUT2D eigenvalue weighted by Crippen LogP contribution is -2.46. The first-order valence-corrected chi connectivity index (χ1v) is 11.4. The van der Waals surface area contributed by atoms with Crippen molar-refractivity contribution in [3.8, 4) is 11.5 Å². The second-order valence-electron chi connectivity index (χ2n) is 8.55. The highest BCUT2D eigenvalue weighted by molar-refractivity contribution is 6.34. The second-order valence-corrected chi connectivity index (χ2v) is 8.55. The molecule has 1 N–H and O–H groups in total. The van der Waals surface area contributed by atoms with Crippen molar-refractivity contribution in [2.75, 3.05) is 20.2 Å². The van der Waals surface area contributed by atoms with Crippen LogP contribution in [0.5, 0.6) is 11.5 Å². The van der Waals surface area contributed by atoms with Gasteiger partial charge in [-0.05, 0) is 73.8 Å². The molecule has 1 aromatic carbocycles. The first kappa shape index (κ1) is 22.1. The number of methoxy groups -OCH3 is 1. The predicted octanol–water partition coefficient (Wildman–Crippen LogP) is 3.43. The Kier molecular flexibility index (Phi) is 7.24. The van der Waals surface area contributed by atoms with E-state index in [-0.39, 0.29) is 6.10 Å². The van der Waals surface area contributed by atoms with Crippen LogP contribution in [-0.2, 0) is 16.1 Å². The van der Waals surface area contributed by atoms with Gasteiger partial charge in [0.05, 0.1) is 13.2 Å². The van der Waals surface area contributed by atoms with E-state index in [1.165, 1.54) is 18.4 Å². The van der Waals surface area contributed by atoms with Gasteiger partial charge in [-0.3, -0.25) is 14.6 Å². The van der Waals surface area contributed by atoms with Crippen molar-refractivity contribution in [1.29, 1.82) is 0 Å². The number of aromatic nitrogens is 1. The summed E-state index contributed by atoms with van der Waals surface area (Å²) in [7, 11) is 1.67. The zero-order chi connectivity index (χ0) is 22.3. The van der Waals surface area contributed by atoms with Gasteiger partial charge in [0.25, 0.3) is 0 Å². The number of hydrogen-bond donors (Lipinski definition) is 1. The molecule has 0 unspecified atom stereocenters. The largest absolute Gasteiger partial charge is 0.493 e. The molecular weight excluding hydrogens is 406 g/mol. The third-order valence-electron chi connectivity index (χ3n) is 6.41. The highest BCUT2D eigenvalue weighted by Gasteiger charge is 2.28. The molecule has 2 heterocycles. The van der Waals surface area contributed by atoms with Crippen molar-refractivity contribution in [2.45, 2.75) is 57.1 Å². The number of nitrogens with zero attached hydrogens (tertiary/aromatic N) is 2. The van der Waals surface area contributed by atoms with Crippen LogP contribution < -0.4 is 14.8 Å². The molecule has 1 aliphatic carbocycles. The van der Waals surface area contributed by atoms with Crippen molar-refractivity contribution in [3.05, 3.63) is 53.9 Å². The average Bonchev–Trinajstić information content (AvgIpc) is 3.36. The lowest BCUT2D eigenvalue weighted by Gasteiger charge is -2.32. The maximum Gasteiger partial charge on any atom is 0.311 e. The number of nitrogens with one attached hydrogen (secondary N) is 1. The van der Waals surface area contributed by atoms with Crippen LogP contribution >= 0.6 is 0 Å². The van der Waals surface area contributed by atoms with Crippen LogP contribution in [0.25, 0.3) is 0 Å². The molecule has 7 heteroatoms. The third kappa shape index (κ3) is 5.39. The number of carbonyl (C=O) groups is 2. The monoisotopic (exact) mass is 437 g/mol. The summed E-state index contributed by atoms with van der Waals surface area (Å²) in [6.45, 7) is 1.42. The summed E-state index contributed by atoms with van der Waals surface area (Å²) in [4.78, 5) is 30.5. The van der Waals surface area contributed by atoms with Gasteiger partial charge < -0.3 is 19.7 Å². The minimum Gasteiger partial charge on any atom is -0.493 e. The van der Waals surface area contributed by atoms with Crippen molar-refractivity contribution < 1.29 is 19.1 Å². The smallest absolute Gasteiger partial charge is 0.311 e. The van der Waals surface area contributed by atoms with Crippen LogP contribution in [0.3, 0.4) is 0 Å². The van der Waals surface area contributed by atoms with Crippen LogP contribution in [0.1, 0.15) is 55.6 Å². The quantitative estimate of drug-likeness (QED) is 0.701. The molecule has 0 bridgehead atoms. The zero-order valence-electron chi connectivity index (χ0n) is 18.6. The number of carbonyl (C=O) groups excluding carboxylic acids is 2. The van der Waals surface area contributed by atoms with Gasteiger partial charge >= 0.3 is 11.8 Å². The molecule has 2 aromatic rings. The van der Waals surface area contributed by atoms with Crippen LogP contribution in [0.15, 0.2) is 42.7 Å². The predicted molar refractivity (Wildman–Crippen MR) is 121 cm³/mol. The molecule has 1 saturated carbocycles. The van der Waals surface area contributed by atoms with Crippen LogP contribution in [-0.4, -0.2) is 48.0 Å². The molecule has 32 heavy (non-hydrogen) atoms. The first-order valence-electron chi connectivity index (χ1n) is 11.4. The van der Waals surface area contributed by atoms with E-state index in [9.17, 15) is 9.59 Å². The number of amides is 2. The summed E-state index contributed by atoms with van der Waals surface area (Å²) in [5.74, 6) is 0.870. The van der Waals surface area contributed by atoms with Crippen molar-refractivity contribution >= 4 is 11.8 Å². The summed E-state index contributed by atoms with van der Waals surface area (Å²) in [5, 5.41) is 2.69. The topological polar surface area (TPSA) is 80.8 Å². The number of hydrogen-bond acceptors (Lipinski definition) is 5. The molecule has 2 aliphatic rings. The Labute approximate surface area is 189 Å². The van der Waals surface area contributed by atoms with Gasteiger partial charge in [0.2, 0.25) is 0 Å². The SMILES string of the molecule is COc1ccc(C2CCN(C(=O)C(=O)NCc3cccnc3)CC2)cc1OC1CCCC1. The van der Waals surface area contributed by atoms with E-state index >= 15 is 0 Å². The first-order chi connectivity index (χ1) is 15.6. The maximum absolute atomic E-state index is 12.6. The van der Waals surface area contributed by atoms with Gasteiger partial charge in [0.15, 0.2) is 11.5 Å². The fourth-order valence-corrected chi connectivity index (χ4v) is 4.55. The number of benzene rings is 1. The van der Waals surface area contributed by atoms with Crippen molar-refractivity contribution in [3.63, 3.8) is 0 Å². The lowest BCUT2D eigenvalue weighted by atomic mass is 9.89. The molecule has 0 atom stereocenters. The zero-order valence-corrected chi connectivity index (χ0v) is 18.6. The molecule has 1 aliphatic heterocycles. The molecule has 0 radical (unpaired) electrons. The van der Waals surface area contributed by atoms with E-state index in [1.54, 1.807) is 30.5 Å². The molecule has 2 fully saturated rings. The minimum absolute atomic E-state index is 0.267. The van der Waals surface area contributed by atoms with Crippen molar-refractivity contribution in [2.24, 2.45) is 0 Å². The number of likely N-dealkylation sites (tertiary alicyclic amines) is 1. The number of pyridine rings is 1. The Morgan fingerprint density at radius 2 is 1.88 bits per heavy atom. The van der Waals surface area contributed by atoms with Gasteiger partial charge in [0.1, 0.15) is 0 Å². The summed E-state index contributed by atoms with van der Waals surface area (Å²) >= 11 is 0. The number of rotatable bonds is 6. The van der Waals surface area contributed by atoms with E-state index in [0.717, 1.165) is 42.7 Å². The number of piperidine rings is 1. The van der Waals surface area contributed by atoms with E-state index in [1.807, 2.05) is 12.1 Å². The van der Waals surface area contributed by atoms with Crippen LogP contribution in [0.2, 0.25) is 0 Å². The fourth-order valence-electron chi connectivity index (χ4n) is 4.55. The molecule has 1 saturated heterocycles. The average molecular weight is 438 g/mol. The van der Waals surface area contributed by atoms with Crippen molar-refractivity contribution in [1.82, 2.24) is 15.2 Å². The fraction of sp³-hybridized carbons (Fsp3) is 0.480. The standard InChI is InChI=1S/C25H31N3O4/c1-31-22-9-8-20(15-23(22)32-21-6-2-3-7-21)19-10-13-28(14-11-19)25(30)24(29)27-17-18-5-4-12-26-16-18/h4-5,8-9,12,15-16,19,21H,2-3,6-7,10-11,13-14,17H2,1H3,(H,27,29). The van der Waals surface area contributed by atoms with E-state index in [4.69, 9.17) is 9.47 Å². The van der Waals surface area contributed by atoms with E-state index in [2.05, 4.69) is 22.4 Å². The van der Waals surface area contributed by atoms with Gasteiger partial charge in [0, 0.05) is 32.0 Å². The molecule has 2 amide bonds. The van der Waals surface area contributed by atoms with E-state index in [0.29, 0.717) is 25.6 Å². The molecule has 170 valence electrons. The highest BCUT2D eigenvalue weighted by Crippen LogP contribution is 2.37. The number of ether oxygens (including phenoxy) is 2. The van der Waals surface area contributed by atoms with E-state index < -0.39 is 11.8 Å². The highest BCUT2D eigenvalue weighted by atomic mass is 16.5. The molecule has 7 nitrogen and oxygen atoms in total. The van der Waals surface area contributed by atoms with Crippen LogP contribution in [0.4, 0.5) is 0 Å². The lowest BCUT2D eigenvalue weighted by molar-refractivity contribution is -0.146. The van der Waals surface area contributed by atoms with Gasteiger partial charge in [-0.1, -0.05) is 12.1 Å². The third-order valence-corrected chi connectivity index (χ3v) is 6.41. The summed E-state index contributed by atoms with van der Waals surface area (Å²) in [5.41, 5.74) is 2.06. The molecule has 0 spiro atoms. The Hall–Kier alpha value is -3.09. The summed E-state index contributed by atoms with van der Waals surface area (Å²) in [6.07, 6.45) is 9.87. The summed E-state index contributed by atoms with van der Waals surface area (Å²) < 4.78 is 11.7. The van der Waals surface area contributed by atoms with Gasteiger partial charge in [-0.2, -0.15) is 0 Å². The molecule has 1 aromatic heterocycles.